The second-order valence-electron chi connectivity index (χ2n) is 10.3. The molecule has 0 bridgehead atoms. The molecule has 0 spiro atoms. The van der Waals surface area contributed by atoms with Crippen molar-refractivity contribution < 1.29 is 19.4 Å². The Labute approximate surface area is 222 Å². The summed E-state index contributed by atoms with van der Waals surface area (Å²) in [6, 6.07) is 18.3. The van der Waals surface area contributed by atoms with Gasteiger partial charge in [-0.3, -0.25) is 4.79 Å². The minimum absolute atomic E-state index is 0.0434. The second-order valence-corrected chi connectivity index (χ2v) is 10.3. The molecule has 0 aliphatic rings. The number of fused-ring (bicyclic) bond motifs is 2. The number of esters is 1. The van der Waals surface area contributed by atoms with E-state index in [0.29, 0.717) is 5.56 Å². The number of aliphatic carboxylic acids is 1. The fraction of sp³-hybridized carbons (Fsp3) is 0.515. The molecule has 3 aromatic rings. The molecular weight excluding hydrogens is 460 g/mol. The Morgan fingerprint density at radius 3 is 1.73 bits per heavy atom. The average molecular weight is 505 g/mol. The topological polar surface area (TPSA) is 63.6 Å². The average Bonchev–Trinajstić information content (AvgIpc) is 2.90. The van der Waals surface area contributed by atoms with Crippen LogP contribution in [0.5, 0.6) is 0 Å². The summed E-state index contributed by atoms with van der Waals surface area (Å²) < 4.78 is 6.24. The number of rotatable bonds is 18. The number of carboxylic acids is 1. The highest BCUT2D eigenvalue weighted by molar-refractivity contribution is 6.16. The van der Waals surface area contributed by atoms with Crippen LogP contribution < -0.4 is 0 Å². The van der Waals surface area contributed by atoms with Gasteiger partial charge in [0.2, 0.25) is 0 Å². The van der Waals surface area contributed by atoms with E-state index in [4.69, 9.17) is 9.84 Å². The van der Waals surface area contributed by atoms with E-state index in [0.717, 1.165) is 72.9 Å². The first-order valence-corrected chi connectivity index (χ1v) is 14.4. The van der Waals surface area contributed by atoms with E-state index in [1.165, 1.54) is 38.5 Å². The van der Waals surface area contributed by atoms with Crippen LogP contribution in [0.25, 0.3) is 21.5 Å². The Bertz CT molecular complexity index is 1070. The maximum atomic E-state index is 13.6. The Hall–Kier alpha value is -2.88. The van der Waals surface area contributed by atoms with Gasteiger partial charge in [-0.2, -0.15) is 0 Å². The Kier molecular flexibility index (Phi) is 12.5. The van der Waals surface area contributed by atoms with Gasteiger partial charge in [0.25, 0.3) is 0 Å². The first kappa shape index (κ1) is 28.7. The molecule has 4 nitrogen and oxygen atoms in total. The third kappa shape index (κ3) is 9.50. The van der Waals surface area contributed by atoms with E-state index in [1.807, 2.05) is 36.4 Å². The van der Waals surface area contributed by atoms with Crippen LogP contribution in [0.15, 0.2) is 54.6 Å². The van der Waals surface area contributed by atoms with Gasteiger partial charge >= 0.3 is 11.9 Å². The smallest absolute Gasteiger partial charge is 0.339 e. The molecule has 37 heavy (non-hydrogen) atoms. The van der Waals surface area contributed by atoms with Crippen LogP contribution >= 0.6 is 0 Å². The molecule has 0 aromatic heterocycles. The van der Waals surface area contributed by atoms with Gasteiger partial charge in [0.15, 0.2) is 0 Å². The number of carbonyl (C=O) groups excluding carboxylic acids is 1. The van der Waals surface area contributed by atoms with Crippen molar-refractivity contribution in [2.75, 3.05) is 0 Å². The van der Waals surface area contributed by atoms with E-state index in [2.05, 4.69) is 25.1 Å². The molecule has 3 aromatic carbocycles. The number of carbonyl (C=O) groups is 2. The summed E-state index contributed by atoms with van der Waals surface area (Å²) in [4.78, 5) is 24.2. The van der Waals surface area contributed by atoms with Crippen molar-refractivity contribution in [3.8, 4) is 0 Å². The summed E-state index contributed by atoms with van der Waals surface area (Å²) in [5, 5.41) is 12.8. The van der Waals surface area contributed by atoms with Crippen molar-refractivity contribution in [3.05, 3.63) is 60.2 Å². The largest absolute Gasteiger partial charge is 0.481 e. The lowest BCUT2D eigenvalue weighted by atomic mass is 9.96. The first-order chi connectivity index (χ1) is 18.1. The zero-order valence-electron chi connectivity index (χ0n) is 22.6. The number of hydrogen-bond donors (Lipinski definition) is 1. The standard InChI is InChI=1S/C33H44O4/c1-2-3-4-11-20-28(21-12-9-7-5-6-8-10-13-24-31(34)35)37-33(36)32-29-22-16-14-18-26(29)25-27-19-15-17-23-30(27)32/h14-19,22-23,25,28H,2-13,20-21,24H2,1H3,(H,34,35). The van der Waals surface area contributed by atoms with Gasteiger partial charge in [0, 0.05) is 6.42 Å². The minimum Gasteiger partial charge on any atom is -0.481 e. The second kappa shape index (κ2) is 16.1. The Morgan fingerprint density at radius 1 is 0.703 bits per heavy atom. The van der Waals surface area contributed by atoms with Gasteiger partial charge in [-0.1, -0.05) is 113 Å². The van der Waals surface area contributed by atoms with Crippen LogP contribution in [0, 0.1) is 0 Å². The van der Waals surface area contributed by atoms with Crippen molar-refractivity contribution in [1.29, 1.82) is 0 Å². The molecule has 0 saturated carbocycles. The summed E-state index contributed by atoms with van der Waals surface area (Å²) in [7, 11) is 0. The molecule has 1 unspecified atom stereocenters. The molecule has 1 atom stereocenters. The summed E-state index contributed by atoms with van der Waals surface area (Å²) in [5.41, 5.74) is 0.690. The van der Waals surface area contributed by atoms with Crippen molar-refractivity contribution in [2.45, 2.75) is 109 Å². The van der Waals surface area contributed by atoms with Crippen LogP contribution in [0.2, 0.25) is 0 Å². The Morgan fingerprint density at radius 2 is 1.19 bits per heavy atom. The van der Waals surface area contributed by atoms with E-state index >= 15 is 0 Å². The van der Waals surface area contributed by atoms with Crippen molar-refractivity contribution in [2.24, 2.45) is 0 Å². The molecular formula is C33H44O4. The number of benzene rings is 3. The molecule has 0 fully saturated rings. The normalized spacial score (nSPS) is 12.1. The molecule has 0 saturated heterocycles. The quantitative estimate of drug-likeness (QED) is 0.106. The molecule has 0 aliphatic carbocycles. The molecule has 0 radical (unpaired) electrons. The van der Waals surface area contributed by atoms with Gasteiger partial charge in [-0.25, -0.2) is 4.79 Å². The van der Waals surface area contributed by atoms with Gasteiger partial charge < -0.3 is 9.84 Å². The van der Waals surface area contributed by atoms with Gasteiger partial charge in [-0.15, -0.1) is 0 Å². The zero-order valence-corrected chi connectivity index (χ0v) is 22.6. The fourth-order valence-electron chi connectivity index (χ4n) is 5.21. The molecule has 200 valence electrons. The highest BCUT2D eigenvalue weighted by Gasteiger charge is 2.20. The van der Waals surface area contributed by atoms with Crippen molar-refractivity contribution in [1.82, 2.24) is 0 Å². The minimum atomic E-state index is -0.696. The monoisotopic (exact) mass is 504 g/mol. The maximum absolute atomic E-state index is 13.6. The predicted octanol–water partition coefficient (Wildman–Crippen LogP) is 9.47. The third-order valence-electron chi connectivity index (χ3n) is 7.30. The van der Waals surface area contributed by atoms with Crippen LogP contribution in [-0.2, 0) is 9.53 Å². The molecule has 0 amide bonds. The van der Waals surface area contributed by atoms with E-state index in [9.17, 15) is 9.59 Å². The third-order valence-corrected chi connectivity index (χ3v) is 7.30. The number of unbranched alkanes of at least 4 members (excludes halogenated alkanes) is 10. The SMILES string of the molecule is CCCCCCC(CCCCCCCCCCC(=O)O)OC(=O)c1c2ccccc2cc2ccccc12. The highest BCUT2D eigenvalue weighted by Crippen LogP contribution is 2.30. The summed E-state index contributed by atoms with van der Waals surface area (Å²) in [6.45, 7) is 2.22. The lowest BCUT2D eigenvalue weighted by Crippen LogP contribution is -2.19. The highest BCUT2D eigenvalue weighted by atomic mass is 16.5. The summed E-state index contributed by atoms with van der Waals surface area (Å²) in [6.07, 6.45) is 15.5. The van der Waals surface area contributed by atoms with Crippen LogP contribution in [0.4, 0.5) is 0 Å². The molecule has 4 heteroatoms. The lowest BCUT2D eigenvalue weighted by molar-refractivity contribution is -0.137. The van der Waals surface area contributed by atoms with Gasteiger partial charge in [0.1, 0.15) is 6.10 Å². The van der Waals surface area contributed by atoms with E-state index < -0.39 is 5.97 Å². The predicted molar refractivity (Wildman–Crippen MR) is 153 cm³/mol. The molecule has 3 rings (SSSR count). The molecule has 0 heterocycles. The maximum Gasteiger partial charge on any atom is 0.339 e. The number of carboxylic acid groups (broad SMARTS) is 1. The lowest BCUT2D eigenvalue weighted by Gasteiger charge is -2.20. The number of ether oxygens (including phenoxy) is 1. The number of hydrogen-bond acceptors (Lipinski definition) is 3. The summed E-state index contributed by atoms with van der Waals surface area (Å²) in [5.74, 6) is -0.895. The molecule has 0 aliphatic heterocycles. The van der Waals surface area contributed by atoms with Crippen LogP contribution in [0.3, 0.4) is 0 Å². The Balaban J connectivity index is 1.56. The van der Waals surface area contributed by atoms with Crippen molar-refractivity contribution >= 4 is 33.5 Å². The molecule has 1 N–H and O–H groups in total. The van der Waals surface area contributed by atoms with E-state index in [-0.39, 0.29) is 18.5 Å². The van der Waals surface area contributed by atoms with Gasteiger partial charge in [-0.05, 0) is 59.7 Å². The first-order valence-electron chi connectivity index (χ1n) is 14.4. The van der Waals surface area contributed by atoms with E-state index in [1.54, 1.807) is 0 Å². The summed E-state index contributed by atoms with van der Waals surface area (Å²) >= 11 is 0. The van der Waals surface area contributed by atoms with Crippen LogP contribution in [0.1, 0.15) is 114 Å². The van der Waals surface area contributed by atoms with Crippen LogP contribution in [-0.4, -0.2) is 23.1 Å². The zero-order chi connectivity index (χ0) is 26.3. The fourth-order valence-corrected chi connectivity index (χ4v) is 5.21. The van der Waals surface area contributed by atoms with Gasteiger partial charge in [0.05, 0.1) is 5.56 Å². The van der Waals surface area contributed by atoms with Crippen molar-refractivity contribution in [3.63, 3.8) is 0 Å².